The molecule has 0 aliphatic carbocycles. The molecule has 0 atom stereocenters. The highest BCUT2D eigenvalue weighted by atomic mass is 19.1. The van der Waals surface area contributed by atoms with Crippen LogP contribution in [0.15, 0.2) is 30.7 Å². The summed E-state index contributed by atoms with van der Waals surface area (Å²) in [5.74, 6) is -0.233. The third-order valence-electron chi connectivity index (χ3n) is 2.61. The average Bonchev–Trinajstić information content (AvgIpc) is 2.58. The number of nitrogens with zero attached hydrogens (tertiary/aromatic N) is 2. The van der Waals surface area contributed by atoms with Gasteiger partial charge in [-0.25, -0.2) is 4.39 Å². The average molecular weight is 204 g/mol. The molecular weight excluding hydrogens is 191 g/mol. The molecule has 0 aliphatic heterocycles. The van der Waals surface area contributed by atoms with Gasteiger partial charge in [-0.3, -0.25) is 4.98 Å². The molecule has 2 rings (SSSR count). The summed E-state index contributed by atoms with van der Waals surface area (Å²) < 4.78 is 15.5. The van der Waals surface area contributed by atoms with Crippen LogP contribution in [0.1, 0.15) is 16.8 Å². The van der Waals surface area contributed by atoms with Crippen molar-refractivity contribution in [2.24, 2.45) is 0 Å². The SMILES string of the molecule is Cc1cncc(F)c1Cn1cccc1C. The van der Waals surface area contributed by atoms with Crippen molar-refractivity contribution in [3.8, 4) is 0 Å². The van der Waals surface area contributed by atoms with Crippen LogP contribution in [-0.4, -0.2) is 9.55 Å². The lowest BCUT2D eigenvalue weighted by Crippen LogP contribution is -2.04. The summed E-state index contributed by atoms with van der Waals surface area (Å²) in [5.41, 5.74) is 2.73. The van der Waals surface area contributed by atoms with Crippen LogP contribution < -0.4 is 0 Å². The van der Waals surface area contributed by atoms with E-state index in [1.807, 2.05) is 36.7 Å². The maximum absolute atomic E-state index is 13.5. The summed E-state index contributed by atoms with van der Waals surface area (Å²) >= 11 is 0. The van der Waals surface area contributed by atoms with Gasteiger partial charge < -0.3 is 4.57 Å². The van der Waals surface area contributed by atoms with Crippen LogP contribution >= 0.6 is 0 Å². The summed E-state index contributed by atoms with van der Waals surface area (Å²) in [4.78, 5) is 3.81. The quantitative estimate of drug-likeness (QED) is 0.735. The molecule has 3 heteroatoms. The number of halogens is 1. The zero-order chi connectivity index (χ0) is 10.8. The highest BCUT2D eigenvalue weighted by molar-refractivity contribution is 5.24. The molecule has 78 valence electrons. The van der Waals surface area contributed by atoms with Gasteiger partial charge in [-0.15, -0.1) is 0 Å². The molecule has 0 unspecified atom stereocenters. The van der Waals surface area contributed by atoms with Gasteiger partial charge in [-0.1, -0.05) is 0 Å². The Morgan fingerprint density at radius 2 is 2.13 bits per heavy atom. The third kappa shape index (κ3) is 1.91. The van der Waals surface area contributed by atoms with Gasteiger partial charge in [0, 0.05) is 23.7 Å². The first-order chi connectivity index (χ1) is 7.18. The van der Waals surface area contributed by atoms with E-state index < -0.39 is 0 Å². The van der Waals surface area contributed by atoms with Crippen LogP contribution in [0.4, 0.5) is 4.39 Å². The Balaban J connectivity index is 2.36. The Morgan fingerprint density at radius 1 is 1.33 bits per heavy atom. The van der Waals surface area contributed by atoms with Gasteiger partial charge in [-0.2, -0.15) is 0 Å². The molecule has 0 amide bonds. The molecule has 0 spiro atoms. The molecule has 0 bridgehead atoms. The lowest BCUT2D eigenvalue weighted by molar-refractivity contribution is 0.589. The molecule has 15 heavy (non-hydrogen) atoms. The summed E-state index contributed by atoms with van der Waals surface area (Å²) in [6.45, 7) is 4.46. The Kier molecular flexibility index (Phi) is 2.54. The van der Waals surface area contributed by atoms with E-state index >= 15 is 0 Å². The Morgan fingerprint density at radius 3 is 2.73 bits per heavy atom. The zero-order valence-electron chi connectivity index (χ0n) is 8.87. The first-order valence-corrected chi connectivity index (χ1v) is 4.89. The lowest BCUT2D eigenvalue weighted by atomic mass is 10.1. The predicted octanol–water partition coefficient (Wildman–Crippen LogP) is 2.69. The molecule has 2 heterocycles. The topological polar surface area (TPSA) is 17.8 Å². The third-order valence-corrected chi connectivity index (χ3v) is 2.61. The van der Waals surface area contributed by atoms with E-state index in [1.165, 1.54) is 6.20 Å². The van der Waals surface area contributed by atoms with Crippen LogP contribution in [-0.2, 0) is 6.54 Å². The van der Waals surface area contributed by atoms with Gasteiger partial charge in [0.25, 0.3) is 0 Å². The fraction of sp³-hybridized carbons (Fsp3) is 0.250. The second kappa shape index (κ2) is 3.85. The highest BCUT2D eigenvalue weighted by Crippen LogP contribution is 2.14. The van der Waals surface area contributed by atoms with E-state index in [9.17, 15) is 4.39 Å². The highest BCUT2D eigenvalue weighted by Gasteiger charge is 2.07. The minimum atomic E-state index is -0.233. The minimum Gasteiger partial charge on any atom is -0.347 e. The molecule has 0 saturated heterocycles. The first kappa shape index (κ1) is 9.90. The summed E-state index contributed by atoms with van der Waals surface area (Å²) in [6.07, 6.45) is 4.91. The standard InChI is InChI=1S/C12H13FN2/c1-9-6-14-7-12(13)11(9)8-15-5-3-4-10(15)2/h3-7H,8H2,1-2H3. The summed E-state index contributed by atoms with van der Waals surface area (Å²) in [6, 6.07) is 3.97. The first-order valence-electron chi connectivity index (χ1n) is 4.89. The van der Waals surface area contributed by atoms with Crippen molar-refractivity contribution in [3.05, 3.63) is 53.4 Å². The van der Waals surface area contributed by atoms with Crippen molar-refractivity contribution in [2.45, 2.75) is 20.4 Å². The van der Waals surface area contributed by atoms with E-state index in [2.05, 4.69) is 4.98 Å². The van der Waals surface area contributed by atoms with E-state index in [0.29, 0.717) is 12.1 Å². The van der Waals surface area contributed by atoms with Gasteiger partial charge >= 0.3 is 0 Å². The van der Waals surface area contributed by atoms with Crippen LogP contribution in [0, 0.1) is 19.7 Å². The molecule has 0 N–H and O–H groups in total. The van der Waals surface area contributed by atoms with Gasteiger partial charge in [0.05, 0.1) is 12.7 Å². The van der Waals surface area contributed by atoms with Crippen LogP contribution in [0.2, 0.25) is 0 Å². The van der Waals surface area contributed by atoms with Crippen LogP contribution in [0.25, 0.3) is 0 Å². The second-order valence-corrected chi connectivity index (χ2v) is 3.69. The normalized spacial score (nSPS) is 10.6. The monoisotopic (exact) mass is 204 g/mol. The number of pyridine rings is 1. The molecule has 2 aromatic heterocycles. The van der Waals surface area contributed by atoms with E-state index in [0.717, 1.165) is 11.3 Å². The maximum Gasteiger partial charge on any atom is 0.146 e. The minimum absolute atomic E-state index is 0.233. The van der Waals surface area contributed by atoms with Crippen molar-refractivity contribution >= 4 is 0 Å². The molecule has 0 aliphatic rings. The molecule has 0 saturated carbocycles. The lowest BCUT2D eigenvalue weighted by Gasteiger charge is -2.09. The summed E-state index contributed by atoms with van der Waals surface area (Å²) in [7, 11) is 0. The molecule has 0 radical (unpaired) electrons. The van der Waals surface area contributed by atoms with Gasteiger partial charge in [0.15, 0.2) is 0 Å². The van der Waals surface area contributed by atoms with Crippen molar-refractivity contribution in [1.29, 1.82) is 0 Å². The van der Waals surface area contributed by atoms with Crippen LogP contribution in [0.3, 0.4) is 0 Å². The molecule has 2 nitrogen and oxygen atoms in total. The Hall–Kier alpha value is -1.64. The van der Waals surface area contributed by atoms with Crippen molar-refractivity contribution < 1.29 is 4.39 Å². The smallest absolute Gasteiger partial charge is 0.146 e. The van der Waals surface area contributed by atoms with E-state index in [1.54, 1.807) is 6.20 Å². The molecule has 0 fully saturated rings. The molecule has 0 aromatic carbocycles. The van der Waals surface area contributed by atoms with Crippen molar-refractivity contribution in [2.75, 3.05) is 0 Å². The second-order valence-electron chi connectivity index (χ2n) is 3.69. The van der Waals surface area contributed by atoms with Gasteiger partial charge in [0.2, 0.25) is 0 Å². The molecule has 2 aromatic rings. The molecular formula is C12H13FN2. The van der Waals surface area contributed by atoms with Gasteiger partial charge in [-0.05, 0) is 31.5 Å². The van der Waals surface area contributed by atoms with Gasteiger partial charge in [0.1, 0.15) is 5.82 Å². The fourth-order valence-electron chi connectivity index (χ4n) is 1.61. The van der Waals surface area contributed by atoms with Crippen molar-refractivity contribution in [3.63, 3.8) is 0 Å². The van der Waals surface area contributed by atoms with E-state index in [4.69, 9.17) is 0 Å². The van der Waals surface area contributed by atoms with Crippen molar-refractivity contribution in [1.82, 2.24) is 9.55 Å². The Bertz CT molecular complexity index is 454. The summed E-state index contributed by atoms with van der Waals surface area (Å²) in [5, 5.41) is 0. The number of hydrogen-bond acceptors (Lipinski definition) is 1. The fourth-order valence-corrected chi connectivity index (χ4v) is 1.61. The largest absolute Gasteiger partial charge is 0.347 e. The maximum atomic E-state index is 13.5. The van der Waals surface area contributed by atoms with E-state index in [-0.39, 0.29) is 5.82 Å². The van der Waals surface area contributed by atoms with Crippen LogP contribution in [0.5, 0.6) is 0 Å². The zero-order valence-corrected chi connectivity index (χ0v) is 8.87. The predicted molar refractivity (Wildman–Crippen MR) is 57.2 cm³/mol. The Labute approximate surface area is 88.4 Å². The number of aromatic nitrogens is 2. The number of hydrogen-bond donors (Lipinski definition) is 0. The number of rotatable bonds is 2. The number of aryl methyl sites for hydroxylation is 2.